The highest BCUT2D eigenvalue weighted by Crippen LogP contribution is 2.39. The summed E-state index contributed by atoms with van der Waals surface area (Å²) in [5.74, 6) is 1.68. The van der Waals surface area contributed by atoms with E-state index >= 15 is 0 Å². The lowest BCUT2D eigenvalue weighted by atomic mass is 10.1. The molecule has 0 spiro atoms. The van der Waals surface area contributed by atoms with E-state index in [1.165, 1.54) is 56.4 Å². The van der Waals surface area contributed by atoms with Gasteiger partial charge in [0.2, 0.25) is 5.91 Å². The molecule has 0 atom stereocenters. The number of unbranched alkanes of at least 4 members (excludes halogenated alkanes) is 5. The van der Waals surface area contributed by atoms with Gasteiger partial charge in [-0.2, -0.15) is 0 Å². The second-order valence-corrected chi connectivity index (χ2v) is 11.1. The van der Waals surface area contributed by atoms with E-state index in [1.54, 1.807) is 0 Å². The zero-order valence-electron chi connectivity index (χ0n) is 18.2. The van der Waals surface area contributed by atoms with E-state index in [2.05, 4.69) is 63.3 Å². The number of amides is 1. The second-order valence-electron chi connectivity index (χ2n) is 8.69. The fourth-order valence-corrected chi connectivity index (χ4v) is 6.52. The molecule has 0 radical (unpaired) electrons. The predicted molar refractivity (Wildman–Crippen MR) is 122 cm³/mol. The van der Waals surface area contributed by atoms with Crippen LogP contribution in [0.25, 0.3) is 0 Å². The number of rotatable bonds is 15. The van der Waals surface area contributed by atoms with E-state index in [-0.39, 0.29) is 13.8 Å². The summed E-state index contributed by atoms with van der Waals surface area (Å²) in [6.07, 6.45) is 12.0. The molecule has 1 aromatic rings. The fourth-order valence-electron chi connectivity index (χ4n) is 3.53. The molecule has 0 fully saturated rings. The normalized spacial score (nSPS) is 11.5. The van der Waals surface area contributed by atoms with Gasteiger partial charge in [-0.15, -0.1) is 0 Å². The Bertz CT molecular complexity index is 476. The van der Waals surface area contributed by atoms with Crippen LogP contribution in [0, 0.1) is 11.8 Å². The number of hydrogen-bond donors (Lipinski definition) is 1. The zero-order valence-corrected chi connectivity index (χ0v) is 19.1. The molecule has 1 N–H and O–H groups in total. The summed E-state index contributed by atoms with van der Waals surface area (Å²) in [4.78, 5) is 12.2. The first kappa shape index (κ1) is 24.2. The molecule has 1 amide bonds. The topological polar surface area (TPSA) is 29.1 Å². The molecule has 2 nitrogen and oxygen atoms in total. The summed E-state index contributed by atoms with van der Waals surface area (Å²) in [5, 5.41) is 3.16. The average Bonchev–Trinajstić information content (AvgIpc) is 2.60. The first-order chi connectivity index (χ1) is 13.0. The summed E-state index contributed by atoms with van der Waals surface area (Å²) < 4.78 is 0. The standard InChI is InChI=1S/C24H42NOP/c1-21(2)18-27(19-22(3)4)20-24(26)25-17-13-8-6-5-7-10-14-23-15-11-9-12-16-23/h9,11-12,15-16,21-22H,5-8,10,13-14,17-20H2,1-4H3,(H,25,26). The van der Waals surface area contributed by atoms with Crippen molar-refractivity contribution in [3.8, 4) is 0 Å². The van der Waals surface area contributed by atoms with Crippen molar-refractivity contribution >= 4 is 13.8 Å². The maximum atomic E-state index is 12.2. The number of aryl methyl sites for hydroxylation is 1. The molecule has 0 aliphatic heterocycles. The summed E-state index contributed by atoms with van der Waals surface area (Å²) in [5.41, 5.74) is 1.45. The van der Waals surface area contributed by atoms with E-state index in [0.717, 1.165) is 19.1 Å². The number of carbonyl (C=O) groups is 1. The van der Waals surface area contributed by atoms with Crippen LogP contribution in [-0.2, 0) is 11.2 Å². The van der Waals surface area contributed by atoms with Gasteiger partial charge in [-0.05, 0) is 49.0 Å². The van der Waals surface area contributed by atoms with Gasteiger partial charge in [0.1, 0.15) is 0 Å². The fraction of sp³-hybridized carbons (Fsp3) is 0.708. The van der Waals surface area contributed by atoms with Crippen molar-refractivity contribution < 1.29 is 4.79 Å². The van der Waals surface area contributed by atoms with Gasteiger partial charge in [0.25, 0.3) is 0 Å². The minimum absolute atomic E-state index is 0.145. The van der Waals surface area contributed by atoms with Gasteiger partial charge < -0.3 is 5.32 Å². The van der Waals surface area contributed by atoms with Crippen molar-refractivity contribution in [1.29, 1.82) is 0 Å². The molecule has 1 rings (SSSR count). The van der Waals surface area contributed by atoms with Crippen LogP contribution in [-0.4, -0.2) is 30.9 Å². The Balaban J connectivity index is 2.00. The van der Waals surface area contributed by atoms with Gasteiger partial charge in [0.15, 0.2) is 0 Å². The quantitative estimate of drug-likeness (QED) is 0.269. The third-order valence-electron chi connectivity index (χ3n) is 4.67. The lowest BCUT2D eigenvalue weighted by Gasteiger charge is -2.21. The Kier molecular flexibility index (Phi) is 13.5. The molecular formula is C24H42NOP. The highest BCUT2D eigenvalue weighted by molar-refractivity contribution is 7.58. The van der Waals surface area contributed by atoms with Crippen molar-refractivity contribution in [2.45, 2.75) is 72.6 Å². The van der Waals surface area contributed by atoms with E-state index in [9.17, 15) is 4.79 Å². The molecule has 0 aliphatic rings. The van der Waals surface area contributed by atoms with Crippen LogP contribution in [0.15, 0.2) is 30.3 Å². The Labute approximate surface area is 169 Å². The Morgan fingerprint density at radius 1 is 0.852 bits per heavy atom. The first-order valence-electron chi connectivity index (χ1n) is 11.0. The van der Waals surface area contributed by atoms with Crippen LogP contribution in [0.1, 0.15) is 71.8 Å². The van der Waals surface area contributed by atoms with Crippen LogP contribution in [0.5, 0.6) is 0 Å². The minimum atomic E-state index is -0.145. The van der Waals surface area contributed by atoms with Crippen molar-refractivity contribution in [1.82, 2.24) is 5.32 Å². The van der Waals surface area contributed by atoms with Gasteiger partial charge in [-0.1, -0.05) is 91.6 Å². The van der Waals surface area contributed by atoms with E-state index in [4.69, 9.17) is 0 Å². The van der Waals surface area contributed by atoms with E-state index in [0.29, 0.717) is 11.8 Å². The van der Waals surface area contributed by atoms with Gasteiger partial charge in [-0.3, -0.25) is 4.79 Å². The molecule has 1 aromatic carbocycles. The molecule has 0 aromatic heterocycles. The molecule has 3 heteroatoms. The van der Waals surface area contributed by atoms with Crippen molar-refractivity contribution in [2.75, 3.05) is 25.0 Å². The third kappa shape index (κ3) is 13.9. The highest BCUT2D eigenvalue weighted by Gasteiger charge is 2.15. The maximum absolute atomic E-state index is 12.2. The van der Waals surface area contributed by atoms with Gasteiger partial charge in [-0.25, -0.2) is 0 Å². The summed E-state index contributed by atoms with van der Waals surface area (Å²) in [6.45, 7) is 9.94. The number of nitrogens with one attached hydrogen (secondary N) is 1. The van der Waals surface area contributed by atoms with Crippen molar-refractivity contribution in [3.63, 3.8) is 0 Å². The molecule has 27 heavy (non-hydrogen) atoms. The van der Waals surface area contributed by atoms with Crippen LogP contribution >= 0.6 is 7.92 Å². The van der Waals surface area contributed by atoms with Crippen LogP contribution < -0.4 is 5.32 Å². The lowest BCUT2D eigenvalue weighted by Crippen LogP contribution is -2.28. The minimum Gasteiger partial charge on any atom is -0.356 e. The molecule has 154 valence electrons. The first-order valence-corrected chi connectivity index (χ1v) is 12.9. The maximum Gasteiger partial charge on any atom is 0.224 e. The Hall–Kier alpha value is -0.880. The summed E-state index contributed by atoms with van der Waals surface area (Å²) >= 11 is 0. The Morgan fingerprint density at radius 3 is 2.00 bits per heavy atom. The number of hydrogen-bond acceptors (Lipinski definition) is 1. The molecule has 0 heterocycles. The summed E-state index contributed by atoms with van der Waals surface area (Å²) in [6, 6.07) is 10.8. The number of carbonyl (C=O) groups excluding carboxylic acids is 1. The molecule has 0 aliphatic carbocycles. The van der Waals surface area contributed by atoms with Crippen LogP contribution in [0.2, 0.25) is 0 Å². The third-order valence-corrected chi connectivity index (χ3v) is 7.90. The van der Waals surface area contributed by atoms with Gasteiger partial charge in [0.05, 0.1) is 0 Å². The summed E-state index contributed by atoms with van der Waals surface area (Å²) in [7, 11) is -0.145. The largest absolute Gasteiger partial charge is 0.356 e. The SMILES string of the molecule is CC(C)CP(CC(=O)NCCCCCCCCc1ccccc1)CC(C)C. The lowest BCUT2D eigenvalue weighted by molar-refractivity contribution is -0.118. The molecule has 0 saturated heterocycles. The van der Waals surface area contributed by atoms with Crippen molar-refractivity contribution in [3.05, 3.63) is 35.9 Å². The van der Waals surface area contributed by atoms with Crippen LogP contribution in [0.3, 0.4) is 0 Å². The molecule has 0 unspecified atom stereocenters. The van der Waals surface area contributed by atoms with Crippen molar-refractivity contribution in [2.24, 2.45) is 11.8 Å². The highest BCUT2D eigenvalue weighted by atomic mass is 31.1. The Morgan fingerprint density at radius 2 is 1.41 bits per heavy atom. The number of benzene rings is 1. The van der Waals surface area contributed by atoms with E-state index < -0.39 is 0 Å². The molecule has 0 saturated carbocycles. The smallest absolute Gasteiger partial charge is 0.224 e. The molecule has 0 bridgehead atoms. The van der Waals surface area contributed by atoms with Crippen LogP contribution in [0.4, 0.5) is 0 Å². The van der Waals surface area contributed by atoms with Gasteiger partial charge >= 0.3 is 0 Å². The zero-order chi connectivity index (χ0) is 19.9. The van der Waals surface area contributed by atoms with Gasteiger partial charge in [0, 0.05) is 12.7 Å². The second kappa shape index (κ2) is 15.1. The average molecular weight is 392 g/mol. The van der Waals surface area contributed by atoms with E-state index in [1.807, 2.05) is 0 Å². The monoisotopic (exact) mass is 391 g/mol. The predicted octanol–water partition coefficient (Wildman–Crippen LogP) is 6.48. The molecular weight excluding hydrogens is 349 g/mol.